The molecule has 4 heterocycles. The highest BCUT2D eigenvalue weighted by Crippen LogP contribution is 2.25. The normalized spacial score (nSPS) is 16.9. The zero-order chi connectivity index (χ0) is 23.2. The Morgan fingerprint density at radius 3 is 2.94 bits per heavy atom. The molecule has 1 atom stereocenters. The van der Waals surface area contributed by atoms with Crippen molar-refractivity contribution in [1.82, 2.24) is 29.6 Å². The number of imidazole rings is 1. The summed E-state index contributed by atoms with van der Waals surface area (Å²) in [6, 6.07) is 4.00. The maximum Gasteiger partial charge on any atom is 0.178 e. The fourth-order valence-corrected chi connectivity index (χ4v) is 4.92. The number of fused-ring (bicyclic) bond motifs is 1. The lowest BCUT2D eigenvalue weighted by atomic mass is 10.0. The lowest BCUT2D eigenvalue weighted by Gasteiger charge is -2.30. The van der Waals surface area contributed by atoms with Gasteiger partial charge >= 0.3 is 0 Å². The molecule has 0 bridgehead atoms. The monoisotopic (exact) mass is 461 g/mol. The van der Waals surface area contributed by atoms with Crippen molar-refractivity contribution >= 4 is 27.7 Å². The summed E-state index contributed by atoms with van der Waals surface area (Å²) in [6.07, 6.45) is 14.9. The summed E-state index contributed by atoms with van der Waals surface area (Å²) in [6.45, 7) is 7.61. The molecule has 1 saturated heterocycles. The number of allylic oxidation sites excluding steroid dienone is 3. The number of nitriles is 1. The van der Waals surface area contributed by atoms with E-state index in [2.05, 4.69) is 50.6 Å². The second-order valence-electron chi connectivity index (χ2n) is 7.87. The molecule has 0 amide bonds. The van der Waals surface area contributed by atoms with Crippen molar-refractivity contribution in [3.63, 3.8) is 0 Å². The minimum absolute atomic E-state index is 0.364. The molecular weight excluding hydrogens is 434 g/mol. The van der Waals surface area contributed by atoms with Crippen molar-refractivity contribution in [1.29, 1.82) is 5.26 Å². The van der Waals surface area contributed by atoms with Crippen molar-refractivity contribution in [2.24, 2.45) is 0 Å². The van der Waals surface area contributed by atoms with Crippen LogP contribution in [0.2, 0.25) is 0 Å². The van der Waals surface area contributed by atoms with Gasteiger partial charge in [-0.3, -0.25) is 9.11 Å². The molecule has 0 aliphatic carbocycles. The summed E-state index contributed by atoms with van der Waals surface area (Å²) in [5.74, 6) is 1.23. The number of nitrogens with zero attached hydrogens (tertiary/aromatic N) is 6. The van der Waals surface area contributed by atoms with E-state index in [1.54, 1.807) is 23.4 Å². The quantitative estimate of drug-likeness (QED) is 0.515. The van der Waals surface area contributed by atoms with Crippen molar-refractivity contribution in [2.75, 3.05) is 24.6 Å². The highest BCUT2D eigenvalue weighted by atomic mass is 32.2. The summed E-state index contributed by atoms with van der Waals surface area (Å²) in [5.41, 5.74) is 5.05. The maximum atomic E-state index is 11.7. The number of pyridine rings is 1. The van der Waals surface area contributed by atoms with E-state index in [1.165, 1.54) is 0 Å². The predicted octanol–water partition coefficient (Wildman–Crippen LogP) is 3.53. The van der Waals surface area contributed by atoms with Crippen LogP contribution in [0.25, 0.3) is 28.0 Å². The Balaban J connectivity index is 1.54. The molecule has 1 aliphatic heterocycles. The first-order valence-electron chi connectivity index (χ1n) is 11.0. The Morgan fingerprint density at radius 2 is 2.18 bits per heavy atom. The molecule has 33 heavy (non-hydrogen) atoms. The third-order valence-electron chi connectivity index (χ3n) is 5.67. The van der Waals surface area contributed by atoms with E-state index in [0.29, 0.717) is 35.9 Å². The van der Waals surface area contributed by atoms with Crippen LogP contribution in [-0.4, -0.2) is 64.5 Å². The summed E-state index contributed by atoms with van der Waals surface area (Å²) >= 11 is 0. The van der Waals surface area contributed by atoms with E-state index in [-0.39, 0.29) is 6.04 Å². The summed E-state index contributed by atoms with van der Waals surface area (Å²) in [7, 11) is -0.778. The van der Waals surface area contributed by atoms with Crippen LogP contribution in [-0.2, 0) is 10.8 Å². The summed E-state index contributed by atoms with van der Waals surface area (Å²) in [5, 5.41) is 14.4. The fourth-order valence-electron chi connectivity index (χ4n) is 3.84. The van der Waals surface area contributed by atoms with Gasteiger partial charge < -0.3 is 4.98 Å². The van der Waals surface area contributed by atoms with E-state index in [1.807, 2.05) is 24.4 Å². The van der Waals surface area contributed by atoms with Crippen molar-refractivity contribution < 1.29 is 4.21 Å². The van der Waals surface area contributed by atoms with Crippen LogP contribution in [0, 0.1) is 11.3 Å². The van der Waals surface area contributed by atoms with Gasteiger partial charge in [-0.1, -0.05) is 32.1 Å². The molecule has 4 rings (SSSR count). The van der Waals surface area contributed by atoms with Gasteiger partial charge in [0.15, 0.2) is 5.65 Å². The number of aromatic nitrogens is 5. The van der Waals surface area contributed by atoms with Crippen LogP contribution in [0.4, 0.5) is 0 Å². The SMILES string of the molecule is C=C(/C=C\C(=C/CCC)C(C#N)N1CCS(=O)CC1)n1cc(-c2ccnc3nc[nH]c23)cn1. The number of nitrogens with one attached hydrogen (secondary N) is 1. The number of aromatic amines is 1. The smallest absolute Gasteiger partial charge is 0.178 e. The van der Waals surface area contributed by atoms with Crippen LogP contribution >= 0.6 is 0 Å². The minimum atomic E-state index is -0.778. The zero-order valence-corrected chi connectivity index (χ0v) is 19.5. The highest BCUT2D eigenvalue weighted by molar-refractivity contribution is 7.85. The van der Waals surface area contributed by atoms with Gasteiger partial charge in [0, 0.05) is 58.9 Å². The molecule has 9 heteroatoms. The van der Waals surface area contributed by atoms with Crippen molar-refractivity contribution in [3.05, 3.63) is 61.4 Å². The average molecular weight is 462 g/mol. The molecule has 1 N–H and O–H groups in total. The fraction of sp³-hybridized carbons (Fsp3) is 0.333. The van der Waals surface area contributed by atoms with Crippen molar-refractivity contribution in [3.8, 4) is 17.2 Å². The Bertz CT molecular complexity index is 1250. The van der Waals surface area contributed by atoms with E-state index >= 15 is 0 Å². The molecule has 170 valence electrons. The number of unbranched alkanes of at least 4 members (excludes halogenated alkanes) is 1. The third kappa shape index (κ3) is 5.18. The largest absolute Gasteiger partial charge is 0.343 e. The number of rotatable bonds is 8. The van der Waals surface area contributed by atoms with Gasteiger partial charge in [-0.25, -0.2) is 14.6 Å². The van der Waals surface area contributed by atoms with Crippen LogP contribution < -0.4 is 0 Å². The molecular formula is C24H27N7OS. The number of hydrogen-bond acceptors (Lipinski definition) is 6. The Hall–Kier alpha value is -3.35. The maximum absolute atomic E-state index is 11.7. The lowest BCUT2D eigenvalue weighted by molar-refractivity contribution is 0.282. The zero-order valence-electron chi connectivity index (χ0n) is 18.6. The number of hydrogen-bond donors (Lipinski definition) is 1. The van der Waals surface area contributed by atoms with Gasteiger partial charge in [0.1, 0.15) is 6.04 Å². The highest BCUT2D eigenvalue weighted by Gasteiger charge is 2.25. The molecule has 0 spiro atoms. The molecule has 3 aromatic heterocycles. The summed E-state index contributed by atoms with van der Waals surface area (Å²) in [4.78, 5) is 13.7. The van der Waals surface area contributed by atoms with E-state index < -0.39 is 10.8 Å². The van der Waals surface area contributed by atoms with Crippen molar-refractivity contribution in [2.45, 2.75) is 25.8 Å². The lowest BCUT2D eigenvalue weighted by Crippen LogP contribution is -2.44. The minimum Gasteiger partial charge on any atom is -0.343 e. The summed E-state index contributed by atoms with van der Waals surface area (Å²) < 4.78 is 13.5. The van der Waals surface area contributed by atoms with Crippen LogP contribution in [0.1, 0.15) is 19.8 Å². The molecule has 1 aliphatic rings. The van der Waals surface area contributed by atoms with E-state index in [9.17, 15) is 9.47 Å². The molecule has 0 radical (unpaired) electrons. The first-order valence-corrected chi connectivity index (χ1v) is 12.5. The first-order chi connectivity index (χ1) is 16.1. The molecule has 0 aromatic carbocycles. The third-order valence-corrected chi connectivity index (χ3v) is 6.94. The topological polar surface area (TPSA) is 103 Å². The molecule has 0 saturated carbocycles. The van der Waals surface area contributed by atoms with Gasteiger partial charge in [-0.15, -0.1) is 0 Å². The molecule has 8 nitrogen and oxygen atoms in total. The average Bonchev–Trinajstić information content (AvgIpc) is 3.51. The van der Waals surface area contributed by atoms with Gasteiger partial charge in [0.05, 0.1) is 29.8 Å². The molecule has 3 aromatic rings. The van der Waals surface area contributed by atoms with Gasteiger partial charge in [0.2, 0.25) is 0 Å². The van der Waals surface area contributed by atoms with Gasteiger partial charge in [-0.2, -0.15) is 10.4 Å². The van der Waals surface area contributed by atoms with Gasteiger partial charge in [-0.05, 0) is 24.1 Å². The second kappa shape index (κ2) is 10.5. The number of H-pyrrole nitrogens is 1. The first kappa shape index (κ1) is 22.8. The van der Waals surface area contributed by atoms with Gasteiger partial charge in [0.25, 0.3) is 0 Å². The predicted molar refractivity (Wildman–Crippen MR) is 131 cm³/mol. The Labute approximate surface area is 195 Å². The Morgan fingerprint density at radius 1 is 1.36 bits per heavy atom. The van der Waals surface area contributed by atoms with Crippen LogP contribution in [0.3, 0.4) is 0 Å². The Kier molecular flexibility index (Phi) is 7.27. The van der Waals surface area contributed by atoms with Crippen LogP contribution in [0.15, 0.2) is 61.4 Å². The van der Waals surface area contributed by atoms with E-state index in [0.717, 1.165) is 35.1 Å². The van der Waals surface area contributed by atoms with Crippen LogP contribution in [0.5, 0.6) is 0 Å². The standard InChI is InChI=1S/C24H27N7OS/c1-3-4-5-19(22(14-25)30-10-12-33(32)13-11-30)7-6-18(2)31-16-20(15-29-31)21-8-9-26-24-23(21)27-17-28-24/h5-9,15-17,22H,2-4,10-13H2,1H3,(H,26,27,28)/b7-6-,19-5+. The molecule has 1 unspecified atom stereocenters. The molecule has 1 fully saturated rings. The van der Waals surface area contributed by atoms with E-state index in [4.69, 9.17) is 0 Å². The second-order valence-corrected chi connectivity index (χ2v) is 9.56.